The third kappa shape index (κ3) is 4.02. The Morgan fingerprint density at radius 2 is 1.48 bits per heavy atom. The first-order valence-corrected chi connectivity index (χ1v) is 9.91. The van der Waals surface area contributed by atoms with Gasteiger partial charge < -0.3 is 15.4 Å². The summed E-state index contributed by atoms with van der Waals surface area (Å²) in [6.07, 6.45) is 0. The molecule has 4 aromatic rings. The predicted octanol–water partition coefficient (Wildman–Crippen LogP) is 4.93. The van der Waals surface area contributed by atoms with E-state index in [2.05, 4.69) is 10.6 Å². The number of fused-ring (bicyclic) bond motifs is 1. The van der Waals surface area contributed by atoms with Crippen LogP contribution in [0.5, 0.6) is 11.5 Å². The molecule has 4 rings (SSSR count). The molecule has 3 aromatic carbocycles. The van der Waals surface area contributed by atoms with E-state index < -0.39 is 6.03 Å². The van der Waals surface area contributed by atoms with Crippen molar-refractivity contribution in [3.8, 4) is 11.5 Å². The molecule has 0 aliphatic carbocycles. The highest BCUT2D eigenvalue weighted by molar-refractivity contribution is 6.02. The van der Waals surface area contributed by atoms with Crippen LogP contribution >= 0.6 is 0 Å². The second-order valence-electron chi connectivity index (χ2n) is 7.55. The van der Waals surface area contributed by atoms with Crippen LogP contribution in [0.15, 0.2) is 65.5 Å². The van der Waals surface area contributed by atoms with Crippen molar-refractivity contribution in [1.82, 2.24) is 9.13 Å². The van der Waals surface area contributed by atoms with E-state index in [0.717, 1.165) is 16.8 Å². The fourth-order valence-electron chi connectivity index (χ4n) is 3.55. The molecule has 31 heavy (non-hydrogen) atoms. The molecule has 1 heterocycles. The minimum atomic E-state index is -0.398. The molecule has 0 spiro atoms. The number of aromatic nitrogens is 2. The number of hydrogen-bond donors (Lipinski definition) is 2. The summed E-state index contributed by atoms with van der Waals surface area (Å²) in [4.78, 5) is 25.1. The van der Waals surface area contributed by atoms with Crippen LogP contribution in [0.25, 0.3) is 11.0 Å². The molecule has 0 radical (unpaired) electrons. The van der Waals surface area contributed by atoms with Crippen molar-refractivity contribution < 1.29 is 9.53 Å². The maximum Gasteiger partial charge on any atom is 0.328 e. The van der Waals surface area contributed by atoms with Crippen molar-refractivity contribution in [1.29, 1.82) is 0 Å². The number of hydrogen-bond acceptors (Lipinski definition) is 3. The number of anilines is 2. The van der Waals surface area contributed by atoms with Crippen LogP contribution in [0.1, 0.15) is 11.1 Å². The summed E-state index contributed by atoms with van der Waals surface area (Å²) >= 11 is 0. The number of nitrogens with one attached hydrogen (secondary N) is 2. The molecule has 0 fully saturated rings. The summed E-state index contributed by atoms with van der Waals surface area (Å²) in [5, 5.41) is 5.75. The molecule has 2 N–H and O–H groups in total. The van der Waals surface area contributed by atoms with E-state index in [9.17, 15) is 9.59 Å². The first kappa shape index (κ1) is 20.3. The smallest absolute Gasteiger partial charge is 0.328 e. The van der Waals surface area contributed by atoms with E-state index >= 15 is 0 Å². The second kappa shape index (κ2) is 8.02. The number of amides is 2. The third-order valence-electron chi connectivity index (χ3n) is 5.22. The highest BCUT2D eigenvalue weighted by atomic mass is 16.5. The lowest BCUT2D eigenvalue weighted by molar-refractivity contribution is 0.262. The minimum Gasteiger partial charge on any atom is -0.455 e. The molecule has 0 atom stereocenters. The van der Waals surface area contributed by atoms with Crippen molar-refractivity contribution >= 4 is 28.4 Å². The van der Waals surface area contributed by atoms with E-state index in [-0.39, 0.29) is 5.69 Å². The molecule has 0 aliphatic heterocycles. The van der Waals surface area contributed by atoms with Gasteiger partial charge in [0.15, 0.2) is 5.75 Å². The van der Waals surface area contributed by atoms with Crippen LogP contribution in [0, 0.1) is 13.8 Å². The van der Waals surface area contributed by atoms with Crippen LogP contribution in [-0.2, 0) is 14.1 Å². The zero-order valence-corrected chi connectivity index (χ0v) is 17.9. The molecular formula is C24H24N4O3. The summed E-state index contributed by atoms with van der Waals surface area (Å²) in [6.45, 7) is 3.95. The number of rotatable bonds is 4. The van der Waals surface area contributed by atoms with Gasteiger partial charge in [-0.25, -0.2) is 9.59 Å². The SMILES string of the molecule is Cc1ccc(NC(=O)Nc2cc3c(cc2Oc2ccccc2)n(C)c(=O)n3C)c(C)c1. The largest absolute Gasteiger partial charge is 0.455 e. The number of ether oxygens (including phenoxy) is 1. The van der Waals surface area contributed by atoms with Gasteiger partial charge in [0.25, 0.3) is 0 Å². The first-order chi connectivity index (χ1) is 14.8. The van der Waals surface area contributed by atoms with Gasteiger partial charge in [-0.2, -0.15) is 0 Å². The fraction of sp³-hybridized carbons (Fsp3) is 0.167. The summed E-state index contributed by atoms with van der Waals surface area (Å²) in [5.74, 6) is 1.07. The Bertz CT molecular complexity index is 1340. The van der Waals surface area contributed by atoms with Crippen molar-refractivity contribution in [2.24, 2.45) is 14.1 Å². The van der Waals surface area contributed by atoms with Gasteiger partial charge in [-0.05, 0) is 43.7 Å². The van der Waals surface area contributed by atoms with Crippen LogP contribution in [0.3, 0.4) is 0 Å². The van der Waals surface area contributed by atoms with E-state index in [0.29, 0.717) is 28.2 Å². The lowest BCUT2D eigenvalue weighted by Gasteiger charge is -2.15. The lowest BCUT2D eigenvalue weighted by atomic mass is 10.1. The number of carbonyl (C=O) groups is 1. The van der Waals surface area contributed by atoms with Gasteiger partial charge in [0.05, 0.1) is 16.7 Å². The predicted molar refractivity (Wildman–Crippen MR) is 123 cm³/mol. The summed E-state index contributed by atoms with van der Waals surface area (Å²) in [6, 6.07) is 18.2. The summed E-state index contributed by atoms with van der Waals surface area (Å²) in [5.41, 5.74) is 4.52. The molecule has 7 nitrogen and oxygen atoms in total. The number of para-hydroxylation sites is 1. The third-order valence-corrected chi connectivity index (χ3v) is 5.22. The molecule has 0 saturated heterocycles. The average molecular weight is 416 g/mol. The average Bonchev–Trinajstić information content (AvgIpc) is 2.95. The summed E-state index contributed by atoms with van der Waals surface area (Å²) in [7, 11) is 3.40. The Balaban J connectivity index is 1.72. The maximum atomic E-state index is 12.8. The van der Waals surface area contributed by atoms with Gasteiger partial charge in [0.1, 0.15) is 5.75 Å². The van der Waals surface area contributed by atoms with Crippen LogP contribution < -0.4 is 21.1 Å². The van der Waals surface area contributed by atoms with Gasteiger partial charge in [-0.3, -0.25) is 9.13 Å². The Kier molecular flexibility index (Phi) is 5.25. The maximum absolute atomic E-state index is 12.8. The van der Waals surface area contributed by atoms with Gasteiger partial charge in [-0.15, -0.1) is 0 Å². The van der Waals surface area contributed by atoms with Crippen molar-refractivity contribution in [2.75, 3.05) is 10.6 Å². The van der Waals surface area contributed by atoms with Crippen molar-refractivity contribution in [2.45, 2.75) is 13.8 Å². The number of urea groups is 1. The van der Waals surface area contributed by atoms with E-state index in [1.54, 1.807) is 30.8 Å². The molecular weight excluding hydrogens is 392 g/mol. The zero-order chi connectivity index (χ0) is 22.1. The van der Waals surface area contributed by atoms with Crippen LogP contribution in [0.4, 0.5) is 16.2 Å². The van der Waals surface area contributed by atoms with Gasteiger partial charge >= 0.3 is 11.7 Å². The molecule has 0 bridgehead atoms. The molecule has 0 aliphatic rings. The van der Waals surface area contributed by atoms with Crippen LogP contribution in [0.2, 0.25) is 0 Å². The number of imidazole rings is 1. The number of carbonyl (C=O) groups excluding carboxylic acids is 1. The van der Waals surface area contributed by atoms with Gasteiger partial charge in [0.2, 0.25) is 0 Å². The Morgan fingerprint density at radius 3 is 2.16 bits per heavy atom. The van der Waals surface area contributed by atoms with Crippen molar-refractivity contribution in [3.05, 3.63) is 82.3 Å². The number of nitrogens with zero attached hydrogens (tertiary/aromatic N) is 2. The van der Waals surface area contributed by atoms with Crippen LogP contribution in [-0.4, -0.2) is 15.2 Å². The Hall–Kier alpha value is -4.00. The molecule has 0 unspecified atom stereocenters. The second-order valence-corrected chi connectivity index (χ2v) is 7.55. The first-order valence-electron chi connectivity index (χ1n) is 9.91. The molecule has 0 saturated carbocycles. The molecule has 2 amide bonds. The van der Waals surface area contributed by atoms with Gasteiger partial charge in [0, 0.05) is 25.8 Å². The highest BCUT2D eigenvalue weighted by Crippen LogP contribution is 2.33. The van der Waals surface area contributed by atoms with Crippen molar-refractivity contribution in [3.63, 3.8) is 0 Å². The minimum absolute atomic E-state index is 0.155. The fourth-order valence-corrected chi connectivity index (χ4v) is 3.55. The van der Waals surface area contributed by atoms with E-state index in [1.807, 2.05) is 62.4 Å². The molecule has 158 valence electrons. The summed E-state index contributed by atoms with van der Waals surface area (Å²) < 4.78 is 9.13. The highest BCUT2D eigenvalue weighted by Gasteiger charge is 2.16. The number of aryl methyl sites for hydroxylation is 4. The molecule has 7 heteroatoms. The monoisotopic (exact) mass is 416 g/mol. The zero-order valence-electron chi connectivity index (χ0n) is 17.9. The Labute approximate surface area is 179 Å². The standard InChI is InChI=1S/C24H24N4O3/c1-15-10-11-18(16(2)12-15)25-23(29)26-19-13-20-21(28(4)24(30)27(20)3)14-22(19)31-17-8-6-5-7-9-17/h5-14H,1-4H3,(H2,25,26,29). The van der Waals surface area contributed by atoms with Gasteiger partial charge in [-0.1, -0.05) is 35.9 Å². The normalized spacial score (nSPS) is 10.8. The topological polar surface area (TPSA) is 77.3 Å². The molecule has 1 aromatic heterocycles. The van der Waals surface area contributed by atoms with E-state index in [1.165, 1.54) is 4.57 Å². The number of benzene rings is 3. The lowest BCUT2D eigenvalue weighted by Crippen LogP contribution is -2.20. The Morgan fingerprint density at radius 1 is 0.839 bits per heavy atom. The van der Waals surface area contributed by atoms with E-state index in [4.69, 9.17) is 4.74 Å². The quantitative estimate of drug-likeness (QED) is 0.495.